The van der Waals surface area contributed by atoms with Gasteiger partial charge < -0.3 is 0 Å². The van der Waals surface area contributed by atoms with Gasteiger partial charge in [-0.2, -0.15) is 5.21 Å². The van der Waals surface area contributed by atoms with Gasteiger partial charge in [0.05, 0.1) is 10.6 Å². The summed E-state index contributed by atoms with van der Waals surface area (Å²) in [7, 11) is -3.71. The van der Waals surface area contributed by atoms with Crippen molar-refractivity contribution in [3.63, 3.8) is 0 Å². The molecule has 2 N–H and O–H groups in total. The minimum Gasteiger partial charge on any atom is -0.280 e. The average molecular weight is 347 g/mol. The third-order valence-electron chi connectivity index (χ3n) is 3.13. The van der Waals surface area contributed by atoms with Crippen molar-refractivity contribution < 1.29 is 8.42 Å². The maximum Gasteiger partial charge on any atom is 0.261 e. The average Bonchev–Trinajstić information content (AvgIpc) is 2.93. The van der Waals surface area contributed by atoms with Crippen molar-refractivity contribution in [1.29, 1.82) is 0 Å². The summed E-state index contributed by atoms with van der Waals surface area (Å²) in [6.45, 7) is 1.89. The summed E-state index contributed by atoms with van der Waals surface area (Å²) in [5, 5.41) is 9.85. The van der Waals surface area contributed by atoms with Gasteiger partial charge >= 0.3 is 0 Å². The third kappa shape index (κ3) is 3.30. The molecule has 0 bridgehead atoms. The lowest BCUT2D eigenvalue weighted by atomic mass is 10.2. The second kappa shape index (κ2) is 5.94. The summed E-state index contributed by atoms with van der Waals surface area (Å²) in [5.74, 6) is 0. The fourth-order valence-corrected chi connectivity index (χ4v) is 3.35. The molecule has 1 aromatic heterocycles. The Morgan fingerprint density at radius 2 is 1.96 bits per heavy atom. The molecule has 3 rings (SSSR count). The molecule has 0 spiro atoms. The van der Waals surface area contributed by atoms with Gasteiger partial charge in [-0.3, -0.25) is 4.72 Å². The lowest BCUT2D eigenvalue weighted by Crippen LogP contribution is -2.13. The highest BCUT2D eigenvalue weighted by Crippen LogP contribution is 2.19. The molecule has 0 fully saturated rings. The molecule has 118 valence electrons. The Morgan fingerprint density at radius 1 is 1.17 bits per heavy atom. The molecule has 0 saturated carbocycles. The maximum absolute atomic E-state index is 12.5. The molecule has 0 unspecified atom stereocenters. The number of aromatic nitrogens is 4. The zero-order valence-corrected chi connectivity index (χ0v) is 13.7. The van der Waals surface area contributed by atoms with Crippen LogP contribution in [0, 0.1) is 11.7 Å². The molecule has 23 heavy (non-hydrogen) atoms. The van der Waals surface area contributed by atoms with E-state index in [1.165, 1.54) is 16.8 Å². The van der Waals surface area contributed by atoms with E-state index in [2.05, 4.69) is 20.2 Å². The van der Waals surface area contributed by atoms with Crippen LogP contribution in [0.1, 0.15) is 5.56 Å². The number of nitrogens with one attached hydrogen (secondary N) is 2. The van der Waals surface area contributed by atoms with Crippen LogP contribution in [0.2, 0.25) is 0 Å². The molecule has 0 aliphatic carbocycles. The number of aromatic amines is 1. The first-order valence-corrected chi connectivity index (χ1v) is 8.55. The summed E-state index contributed by atoms with van der Waals surface area (Å²) < 4.78 is 29.3. The normalized spacial score (nSPS) is 11.3. The molecule has 0 saturated heterocycles. The summed E-state index contributed by atoms with van der Waals surface area (Å²) in [4.78, 5) is 0.119. The summed E-state index contributed by atoms with van der Waals surface area (Å²) >= 11 is 5.02. The predicted molar refractivity (Wildman–Crippen MR) is 88.5 cm³/mol. The third-order valence-corrected chi connectivity index (χ3v) is 4.77. The number of hydrogen-bond donors (Lipinski definition) is 2. The van der Waals surface area contributed by atoms with Crippen LogP contribution in [0.25, 0.3) is 5.69 Å². The van der Waals surface area contributed by atoms with E-state index in [0.29, 0.717) is 11.4 Å². The van der Waals surface area contributed by atoms with Crippen LogP contribution in [0.5, 0.6) is 0 Å². The molecule has 0 amide bonds. The quantitative estimate of drug-likeness (QED) is 0.707. The molecule has 0 radical (unpaired) electrons. The van der Waals surface area contributed by atoms with Crippen LogP contribution in [-0.4, -0.2) is 28.6 Å². The first-order valence-electron chi connectivity index (χ1n) is 6.66. The van der Waals surface area contributed by atoms with Crippen molar-refractivity contribution in [2.75, 3.05) is 4.72 Å². The highest BCUT2D eigenvalue weighted by atomic mass is 32.2. The summed E-state index contributed by atoms with van der Waals surface area (Å²) in [5.41, 5.74) is 2.01. The van der Waals surface area contributed by atoms with Gasteiger partial charge in [0, 0.05) is 5.69 Å². The zero-order chi connectivity index (χ0) is 16.4. The number of H-pyrrole nitrogens is 1. The SMILES string of the molecule is Cc1cccc(NS(=O)(=O)c2cccc(-n3[nH]nnc3=S)c2)c1. The molecule has 0 atom stereocenters. The minimum atomic E-state index is -3.71. The van der Waals surface area contributed by atoms with Crippen molar-refractivity contribution in [2.45, 2.75) is 11.8 Å². The number of hydrogen-bond acceptors (Lipinski definition) is 5. The van der Waals surface area contributed by atoms with Crippen LogP contribution in [-0.2, 0) is 10.0 Å². The van der Waals surface area contributed by atoms with Gasteiger partial charge in [-0.25, -0.2) is 13.1 Å². The molecule has 0 aliphatic rings. The smallest absolute Gasteiger partial charge is 0.261 e. The van der Waals surface area contributed by atoms with E-state index in [4.69, 9.17) is 12.2 Å². The van der Waals surface area contributed by atoms with E-state index in [0.717, 1.165) is 5.56 Å². The number of tetrazole rings is 1. The number of rotatable bonds is 4. The van der Waals surface area contributed by atoms with Crippen LogP contribution >= 0.6 is 12.2 Å². The summed E-state index contributed by atoms with van der Waals surface area (Å²) in [6.07, 6.45) is 0. The highest BCUT2D eigenvalue weighted by molar-refractivity contribution is 7.92. The van der Waals surface area contributed by atoms with Crippen molar-refractivity contribution in [3.05, 3.63) is 58.9 Å². The van der Waals surface area contributed by atoms with E-state index in [1.54, 1.807) is 30.3 Å². The van der Waals surface area contributed by atoms with E-state index in [9.17, 15) is 8.42 Å². The Labute approximate surface area is 138 Å². The van der Waals surface area contributed by atoms with Crippen LogP contribution in [0.3, 0.4) is 0 Å². The van der Waals surface area contributed by atoms with Gasteiger partial charge in [-0.05, 0) is 55.0 Å². The lowest BCUT2D eigenvalue weighted by molar-refractivity contribution is 0.601. The lowest BCUT2D eigenvalue weighted by Gasteiger charge is -2.10. The van der Waals surface area contributed by atoms with Crippen LogP contribution < -0.4 is 4.72 Å². The van der Waals surface area contributed by atoms with Gasteiger partial charge in [0.15, 0.2) is 0 Å². The number of nitrogens with zero attached hydrogens (tertiary/aromatic N) is 3. The molecule has 7 nitrogen and oxygen atoms in total. The molecule has 0 aliphatic heterocycles. The van der Waals surface area contributed by atoms with Gasteiger partial charge in [0.2, 0.25) is 4.77 Å². The van der Waals surface area contributed by atoms with Gasteiger partial charge in [0.25, 0.3) is 10.0 Å². The molecule has 9 heteroatoms. The first-order chi connectivity index (χ1) is 11.0. The van der Waals surface area contributed by atoms with Gasteiger partial charge in [-0.15, -0.1) is 0 Å². The standard InChI is InChI=1S/C14H13N5O2S2/c1-10-4-2-5-11(8-10)16-23(20,21)13-7-3-6-12(9-13)19-14(22)15-17-18-19/h2-9,16H,1H3,(H,15,18,22). The van der Waals surface area contributed by atoms with Crippen molar-refractivity contribution in [1.82, 2.24) is 20.2 Å². The topological polar surface area (TPSA) is 92.7 Å². The van der Waals surface area contributed by atoms with E-state index < -0.39 is 10.0 Å². The number of aryl methyl sites for hydroxylation is 1. The van der Waals surface area contributed by atoms with Crippen LogP contribution in [0.15, 0.2) is 53.4 Å². The molecular formula is C14H13N5O2S2. The highest BCUT2D eigenvalue weighted by Gasteiger charge is 2.15. The Morgan fingerprint density at radius 3 is 2.65 bits per heavy atom. The van der Waals surface area contributed by atoms with Crippen molar-refractivity contribution in [2.24, 2.45) is 0 Å². The molecule has 1 heterocycles. The Hall–Kier alpha value is -2.52. The van der Waals surface area contributed by atoms with Crippen molar-refractivity contribution in [3.8, 4) is 5.69 Å². The Kier molecular flexibility index (Phi) is 3.97. The maximum atomic E-state index is 12.5. The Balaban J connectivity index is 1.98. The number of benzene rings is 2. The zero-order valence-electron chi connectivity index (χ0n) is 12.1. The fraction of sp³-hybridized carbons (Fsp3) is 0.0714. The second-order valence-electron chi connectivity index (χ2n) is 4.89. The van der Waals surface area contributed by atoms with E-state index in [1.807, 2.05) is 13.0 Å². The number of sulfonamides is 1. The number of anilines is 1. The summed E-state index contributed by atoms with van der Waals surface area (Å²) in [6, 6.07) is 13.5. The molecule has 3 aromatic rings. The first kappa shape index (κ1) is 15.4. The fourth-order valence-electron chi connectivity index (χ4n) is 2.08. The van der Waals surface area contributed by atoms with Crippen LogP contribution in [0.4, 0.5) is 5.69 Å². The van der Waals surface area contributed by atoms with Gasteiger partial charge in [0.1, 0.15) is 0 Å². The van der Waals surface area contributed by atoms with E-state index in [-0.39, 0.29) is 9.67 Å². The largest absolute Gasteiger partial charge is 0.280 e. The van der Waals surface area contributed by atoms with Gasteiger partial charge in [-0.1, -0.05) is 28.5 Å². The van der Waals surface area contributed by atoms with Crippen molar-refractivity contribution >= 4 is 27.9 Å². The van der Waals surface area contributed by atoms with E-state index >= 15 is 0 Å². The Bertz CT molecular complexity index is 1010. The second-order valence-corrected chi connectivity index (χ2v) is 6.94. The predicted octanol–water partition coefficient (Wildman–Crippen LogP) is 2.43. The monoisotopic (exact) mass is 347 g/mol. The molecular weight excluding hydrogens is 334 g/mol. The minimum absolute atomic E-state index is 0.119. The molecule has 2 aromatic carbocycles.